The highest BCUT2D eigenvalue weighted by Crippen LogP contribution is 2.49. The van der Waals surface area contributed by atoms with Crippen molar-refractivity contribution >= 4 is 25.7 Å². The second-order valence-electron chi connectivity index (χ2n) is 27.8. The van der Waals surface area contributed by atoms with Gasteiger partial charge in [0.05, 0.1) is 13.2 Å². The zero-order chi connectivity index (χ0) is 73.2. The van der Waals surface area contributed by atoms with Crippen LogP contribution in [0.4, 0.5) is 0 Å². The third kappa shape index (κ3) is 39.0. The van der Waals surface area contributed by atoms with E-state index in [0.29, 0.717) is 12.8 Å². The quantitative estimate of drug-likeness (QED) is 0.00512. The van der Waals surface area contributed by atoms with Crippen molar-refractivity contribution in [2.45, 2.75) is 395 Å². The van der Waals surface area contributed by atoms with E-state index in [-0.39, 0.29) is 12.8 Å². The standard InChI is InChI=1S/C75H135O24P/c1-4-7-10-13-16-19-22-25-28-30-32-35-37-40-43-46-49-59(77)91-53-56(94-61(79)51-48-45-42-39-36-33-29-26-23-20-17-14-11-8-5-2)54-93-100(89,90)99-73-71(97-74-69(87)64(82)62(80)57(52-76)95-74)67(85)66(84)68(86)72(73)98-75-70(88)65(83)63(81)58(96-75)55-92-60(78)50-47-44-41-38-34-31-27-24-21-18-15-12-9-6-3/h31,34,42,45,48,51,56-58,62-76,80-88H,4-30,32-33,35-41,43-44,46-47,49-50,52-55H2,1-3H3,(H,89,90)/b34-31-,45-42+,51-48+. The first-order valence-corrected chi connectivity index (χ1v) is 40.3. The molecule has 100 heavy (non-hydrogen) atoms. The molecular formula is C75H135O24P. The van der Waals surface area contributed by atoms with Crippen molar-refractivity contribution in [1.29, 1.82) is 0 Å². The van der Waals surface area contributed by atoms with Crippen LogP contribution in [0.15, 0.2) is 36.5 Å². The minimum Gasteiger partial charge on any atom is -0.463 e. The lowest BCUT2D eigenvalue weighted by Crippen LogP contribution is -2.69. The molecule has 584 valence electrons. The zero-order valence-corrected chi connectivity index (χ0v) is 61.9. The summed E-state index contributed by atoms with van der Waals surface area (Å²) >= 11 is 0. The summed E-state index contributed by atoms with van der Waals surface area (Å²) in [5.41, 5.74) is 0. The van der Waals surface area contributed by atoms with Crippen molar-refractivity contribution in [2.24, 2.45) is 0 Å². The molecule has 1 saturated carbocycles. The van der Waals surface area contributed by atoms with Gasteiger partial charge in [0.1, 0.15) is 98.7 Å². The van der Waals surface area contributed by atoms with Gasteiger partial charge in [-0.2, -0.15) is 0 Å². The maximum atomic E-state index is 14.3. The second kappa shape index (κ2) is 56.5. The van der Waals surface area contributed by atoms with E-state index in [1.165, 1.54) is 160 Å². The van der Waals surface area contributed by atoms with Gasteiger partial charge in [0.2, 0.25) is 0 Å². The van der Waals surface area contributed by atoms with E-state index in [4.69, 9.17) is 42.2 Å². The number of esters is 3. The van der Waals surface area contributed by atoms with E-state index >= 15 is 0 Å². The average molecular weight is 1450 g/mol. The van der Waals surface area contributed by atoms with Crippen molar-refractivity contribution in [2.75, 3.05) is 26.4 Å². The van der Waals surface area contributed by atoms with Gasteiger partial charge in [0, 0.05) is 18.9 Å². The molecule has 0 aromatic heterocycles. The largest absolute Gasteiger partial charge is 0.472 e. The van der Waals surface area contributed by atoms with Crippen molar-refractivity contribution < 1.29 is 117 Å². The fraction of sp³-hybridized carbons (Fsp3) is 0.880. The molecule has 1 aliphatic carbocycles. The van der Waals surface area contributed by atoms with E-state index in [2.05, 4.69) is 32.9 Å². The molecule has 2 aliphatic heterocycles. The molecule has 25 heteroatoms. The summed E-state index contributed by atoms with van der Waals surface area (Å²) < 4.78 is 64.8. The highest BCUT2D eigenvalue weighted by Gasteiger charge is 2.58. The number of aliphatic hydroxyl groups is 10. The Balaban J connectivity index is 1.74. The first-order valence-electron chi connectivity index (χ1n) is 38.8. The Kier molecular flexibility index (Phi) is 51.6. The third-order valence-electron chi connectivity index (χ3n) is 19.0. The van der Waals surface area contributed by atoms with Crippen molar-refractivity contribution in [3.63, 3.8) is 0 Å². The Morgan fingerprint density at radius 2 is 0.770 bits per heavy atom. The van der Waals surface area contributed by atoms with E-state index in [1.54, 1.807) is 6.08 Å². The maximum absolute atomic E-state index is 14.3. The van der Waals surface area contributed by atoms with Crippen LogP contribution in [-0.2, 0) is 61.2 Å². The van der Waals surface area contributed by atoms with Crippen LogP contribution in [0.3, 0.4) is 0 Å². The summed E-state index contributed by atoms with van der Waals surface area (Å²) in [6.45, 7) is 3.34. The first kappa shape index (κ1) is 91.4. The Hall–Kier alpha value is -2.82. The highest BCUT2D eigenvalue weighted by atomic mass is 31.2. The van der Waals surface area contributed by atoms with Crippen molar-refractivity contribution in [3.05, 3.63) is 36.5 Å². The minimum atomic E-state index is -5.73. The number of allylic oxidation sites excluding steroid dienone is 5. The molecule has 3 fully saturated rings. The Labute approximate surface area is 597 Å². The SMILES string of the molecule is CCCCCCCCC/C=C\CCCCCC(=O)OCC1OC(OC2C(O)C(O)C(O)C(OC3OC(CO)C(O)C(O)C3O)C2OP(=O)(O)OCC(COC(=O)CCCCCCCCCCCCCCCCCC)OC(=O)/C=C/C=C/CCCCCCCCCCCCC)C(O)C(O)C1O. The molecular weight excluding hydrogens is 1320 g/mol. The fourth-order valence-corrected chi connectivity index (χ4v) is 13.6. The average Bonchev–Trinajstić information content (AvgIpc) is 0.762. The molecule has 0 aromatic carbocycles. The Bertz CT molecular complexity index is 2210. The van der Waals surface area contributed by atoms with E-state index in [0.717, 1.165) is 96.0 Å². The van der Waals surface area contributed by atoms with Crippen LogP contribution in [0.2, 0.25) is 0 Å². The summed E-state index contributed by atoms with van der Waals surface area (Å²) in [4.78, 5) is 50.9. The summed E-state index contributed by atoms with van der Waals surface area (Å²) in [5.74, 6) is -2.26. The number of hydrogen-bond acceptors (Lipinski definition) is 23. The van der Waals surface area contributed by atoms with Crippen LogP contribution in [0, 0.1) is 0 Å². The molecule has 18 atom stereocenters. The topological polar surface area (TPSA) is 374 Å². The van der Waals surface area contributed by atoms with Crippen molar-refractivity contribution in [1.82, 2.24) is 0 Å². The lowest BCUT2D eigenvalue weighted by molar-refractivity contribution is -0.360. The van der Waals surface area contributed by atoms with Crippen molar-refractivity contribution in [3.8, 4) is 0 Å². The predicted molar refractivity (Wildman–Crippen MR) is 379 cm³/mol. The molecule has 0 radical (unpaired) electrons. The summed E-state index contributed by atoms with van der Waals surface area (Å²) in [6, 6.07) is 0. The highest BCUT2D eigenvalue weighted by molar-refractivity contribution is 7.47. The van der Waals surface area contributed by atoms with Gasteiger partial charge in [-0.25, -0.2) is 9.36 Å². The molecule has 2 saturated heterocycles. The van der Waals surface area contributed by atoms with Crippen LogP contribution < -0.4 is 0 Å². The molecule has 24 nitrogen and oxygen atoms in total. The monoisotopic (exact) mass is 1450 g/mol. The number of ether oxygens (including phenoxy) is 7. The number of unbranched alkanes of at least 4 members (excludes halogenated alkanes) is 36. The van der Waals surface area contributed by atoms with Gasteiger partial charge >= 0.3 is 25.7 Å². The molecule has 0 amide bonds. The number of carbonyl (C=O) groups excluding carboxylic acids is 3. The van der Waals surface area contributed by atoms with E-state index in [1.807, 2.05) is 6.08 Å². The number of phosphoric acid groups is 1. The molecule has 3 aliphatic rings. The van der Waals surface area contributed by atoms with Gasteiger partial charge in [-0.1, -0.05) is 257 Å². The van der Waals surface area contributed by atoms with Gasteiger partial charge in [-0.15, -0.1) is 0 Å². The molecule has 18 unspecified atom stereocenters. The molecule has 0 bridgehead atoms. The van der Waals surface area contributed by atoms with E-state index in [9.17, 15) is 74.9 Å². The Morgan fingerprint density at radius 1 is 0.410 bits per heavy atom. The van der Waals surface area contributed by atoms with Gasteiger partial charge < -0.3 is 89.1 Å². The molecule has 3 rings (SSSR count). The third-order valence-corrected chi connectivity index (χ3v) is 20.0. The molecule has 11 N–H and O–H groups in total. The van der Waals surface area contributed by atoms with E-state index < -0.39 is 156 Å². The smallest absolute Gasteiger partial charge is 0.463 e. The number of carbonyl (C=O) groups is 3. The molecule has 0 spiro atoms. The number of rotatable bonds is 60. The zero-order valence-electron chi connectivity index (χ0n) is 61.0. The van der Waals surface area contributed by atoms with Gasteiger partial charge in [-0.3, -0.25) is 18.6 Å². The van der Waals surface area contributed by atoms with Crippen LogP contribution >= 0.6 is 7.82 Å². The summed E-state index contributed by atoms with van der Waals surface area (Å²) in [6.07, 6.45) is 19.9. The number of phosphoric ester groups is 1. The van der Waals surface area contributed by atoms with Gasteiger partial charge in [-0.05, 0) is 51.4 Å². The normalized spacial score (nSPS) is 27.5. The second-order valence-corrected chi connectivity index (χ2v) is 29.2. The van der Waals surface area contributed by atoms with Gasteiger partial charge in [0.25, 0.3) is 0 Å². The van der Waals surface area contributed by atoms with Crippen LogP contribution in [-0.4, -0.2) is 204 Å². The van der Waals surface area contributed by atoms with Crippen LogP contribution in [0.25, 0.3) is 0 Å². The maximum Gasteiger partial charge on any atom is 0.472 e. The van der Waals surface area contributed by atoms with Gasteiger partial charge in [0.15, 0.2) is 18.7 Å². The fourth-order valence-electron chi connectivity index (χ4n) is 12.7. The summed E-state index contributed by atoms with van der Waals surface area (Å²) in [7, 11) is -5.73. The minimum absolute atomic E-state index is 0.00440. The van der Waals surface area contributed by atoms with Crippen LogP contribution in [0.1, 0.15) is 290 Å². The first-order chi connectivity index (χ1) is 48.3. The lowest BCUT2D eigenvalue weighted by atomic mass is 9.84. The number of hydrogen-bond donors (Lipinski definition) is 11. The van der Waals surface area contributed by atoms with Crippen LogP contribution in [0.5, 0.6) is 0 Å². The summed E-state index contributed by atoms with van der Waals surface area (Å²) in [5, 5.41) is 110. The lowest BCUT2D eigenvalue weighted by Gasteiger charge is -2.49. The number of aliphatic hydroxyl groups excluding tert-OH is 10. The molecule has 0 aromatic rings. The Morgan fingerprint density at radius 3 is 1.20 bits per heavy atom. The molecule has 2 heterocycles. The predicted octanol–water partition coefficient (Wildman–Crippen LogP) is 11.1.